The summed E-state index contributed by atoms with van der Waals surface area (Å²) < 4.78 is 0. The number of carbonyl (C=O) groups is 1. The van der Waals surface area contributed by atoms with Crippen molar-refractivity contribution in [3.63, 3.8) is 0 Å². The maximum atomic E-state index is 10.8. The Morgan fingerprint density at radius 2 is 2.44 bits per heavy atom. The maximum absolute atomic E-state index is 10.8. The fraction of sp³-hybridized carbons (Fsp3) is 0.455. The Labute approximate surface area is 93.3 Å². The molecule has 0 unspecified atom stereocenters. The molecule has 1 fully saturated rings. The van der Waals surface area contributed by atoms with Crippen LogP contribution in [-0.2, 0) is 0 Å². The first kappa shape index (κ1) is 10.9. The number of hydrogen-bond donors (Lipinski definition) is 2. The smallest absolute Gasteiger partial charge is 0.335 e. The molecule has 1 saturated heterocycles. The topological polar surface area (TPSA) is 73.7 Å². The van der Waals surface area contributed by atoms with E-state index < -0.39 is 5.97 Å². The van der Waals surface area contributed by atoms with Gasteiger partial charge < -0.3 is 15.1 Å². The standard InChI is InChI=1S/C11H14N2O3/c14-7-9-2-1-5-13(9)10-6-8(11(15)16)3-4-12-10/h3-4,6,9,14H,1-2,5,7H2,(H,15,16)/t9-/m0/s1. The molecule has 0 bridgehead atoms. The van der Waals surface area contributed by atoms with E-state index in [0.717, 1.165) is 19.4 Å². The minimum Gasteiger partial charge on any atom is -0.478 e. The van der Waals surface area contributed by atoms with Crippen molar-refractivity contribution in [2.24, 2.45) is 0 Å². The molecule has 86 valence electrons. The van der Waals surface area contributed by atoms with E-state index in [1.54, 1.807) is 6.07 Å². The number of rotatable bonds is 3. The van der Waals surface area contributed by atoms with Gasteiger partial charge in [0.2, 0.25) is 0 Å². The lowest BCUT2D eigenvalue weighted by atomic mass is 10.2. The molecular formula is C11H14N2O3. The summed E-state index contributed by atoms with van der Waals surface area (Å²) in [6.07, 6.45) is 3.42. The third-order valence-electron chi connectivity index (χ3n) is 2.87. The molecule has 0 amide bonds. The molecule has 0 aromatic carbocycles. The van der Waals surface area contributed by atoms with Crippen LogP contribution in [0.15, 0.2) is 18.3 Å². The highest BCUT2D eigenvalue weighted by Crippen LogP contribution is 2.23. The van der Waals surface area contributed by atoms with Crippen LogP contribution in [0.1, 0.15) is 23.2 Å². The number of nitrogens with zero attached hydrogens (tertiary/aromatic N) is 2. The molecule has 2 heterocycles. The van der Waals surface area contributed by atoms with Gasteiger partial charge in [0, 0.05) is 12.7 Å². The molecule has 16 heavy (non-hydrogen) atoms. The van der Waals surface area contributed by atoms with E-state index in [9.17, 15) is 9.90 Å². The summed E-state index contributed by atoms with van der Waals surface area (Å²) in [5.41, 5.74) is 0.230. The predicted octanol–water partition coefficient (Wildman–Crippen LogP) is 0.741. The van der Waals surface area contributed by atoms with Crippen LogP contribution < -0.4 is 4.90 Å². The highest BCUT2D eigenvalue weighted by Gasteiger charge is 2.25. The monoisotopic (exact) mass is 222 g/mol. The Hall–Kier alpha value is -1.62. The van der Waals surface area contributed by atoms with Gasteiger partial charge in [-0.3, -0.25) is 0 Å². The first-order valence-corrected chi connectivity index (χ1v) is 5.29. The molecule has 2 N–H and O–H groups in total. The third kappa shape index (κ3) is 1.99. The molecule has 5 nitrogen and oxygen atoms in total. The van der Waals surface area contributed by atoms with Gasteiger partial charge in [-0.2, -0.15) is 0 Å². The van der Waals surface area contributed by atoms with E-state index in [-0.39, 0.29) is 18.2 Å². The number of anilines is 1. The molecule has 1 aliphatic rings. The zero-order chi connectivity index (χ0) is 11.5. The number of carboxylic acid groups (broad SMARTS) is 1. The summed E-state index contributed by atoms with van der Waals surface area (Å²) in [4.78, 5) is 16.9. The number of aromatic carboxylic acids is 1. The van der Waals surface area contributed by atoms with E-state index in [1.165, 1.54) is 12.3 Å². The van der Waals surface area contributed by atoms with Gasteiger partial charge in [-0.15, -0.1) is 0 Å². The fourth-order valence-electron chi connectivity index (χ4n) is 2.04. The van der Waals surface area contributed by atoms with Crippen molar-refractivity contribution in [2.75, 3.05) is 18.1 Å². The van der Waals surface area contributed by atoms with Gasteiger partial charge in [0.15, 0.2) is 0 Å². The minimum atomic E-state index is -0.955. The normalized spacial score (nSPS) is 20.1. The Morgan fingerprint density at radius 3 is 3.12 bits per heavy atom. The number of carboxylic acids is 1. The molecule has 0 saturated carbocycles. The zero-order valence-electron chi connectivity index (χ0n) is 8.83. The summed E-state index contributed by atoms with van der Waals surface area (Å²) >= 11 is 0. The van der Waals surface area contributed by atoms with Gasteiger partial charge in [-0.25, -0.2) is 9.78 Å². The second kappa shape index (κ2) is 4.49. The van der Waals surface area contributed by atoms with Crippen molar-refractivity contribution in [3.8, 4) is 0 Å². The number of pyridine rings is 1. The minimum absolute atomic E-state index is 0.0662. The van der Waals surface area contributed by atoms with Crippen molar-refractivity contribution in [1.29, 1.82) is 0 Å². The molecular weight excluding hydrogens is 208 g/mol. The van der Waals surface area contributed by atoms with Crippen LogP contribution in [0.4, 0.5) is 5.82 Å². The summed E-state index contributed by atoms with van der Waals surface area (Å²) in [5, 5.41) is 18.1. The fourth-order valence-corrected chi connectivity index (χ4v) is 2.04. The van der Waals surface area contributed by atoms with Gasteiger partial charge in [0.25, 0.3) is 0 Å². The van der Waals surface area contributed by atoms with Crippen LogP contribution in [0, 0.1) is 0 Å². The second-order valence-electron chi connectivity index (χ2n) is 3.88. The predicted molar refractivity (Wildman–Crippen MR) is 58.7 cm³/mol. The van der Waals surface area contributed by atoms with Gasteiger partial charge in [0.1, 0.15) is 5.82 Å². The molecule has 2 rings (SSSR count). The maximum Gasteiger partial charge on any atom is 0.335 e. The second-order valence-corrected chi connectivity index (χ2v) is 3.88. The van der Waals surface area contributed by atoms with Gasteiger partial charge in [-0.1, -0.05) is 0 Å². The molecule has 0 spiro atoms. The molecule has 0 radical (unpaired) electrons. The zero-order valence-corrected chi connectivity index (χ0v) is 8.83. The number of aliphatic hydroxyl groups excluding tert-OH is 1. The van der Waals surface area contributed by atoms with Gasteiger partial charge in [-0.05, 0) is 25.0 Å². The molecule has 1 atom stereocenters. The molecule has 1 aromatic rings. The van der Waals surface area contributed by atoms with Crippen LogP contribution in [0.2, 0.25) is 0 Å². The lowest BCUT2D eigenvalue weighted by molar-refractivity contribution is 0.0697. The number of aliphatic hydroxyl groups is 1. The average Bonchev–Trinajstić information content (AvgIpc) is 2.77. The van der Waals surface area contributed by atoms with Crippen molar-refractivity contribution >= 4 is 11.8 Å². The lowest BCUT2D eigenvalue weighted by Gasteiger charge is -2.24. The molecule has 5 heteroatoms. The van der Waals surface area contributed by atoms with Gasteiger partial charge >= 0.3 is 5.97 Å². The molecule has 0 aliphatic carbocycles. The van der Waals surface area contributed by atoms with Crippen LogP contribution >= 0.6 is 0 Å². The van der Waals surface area contributed by atoms with Crippen molar-refractivity contribution in [3.05, 3.63) is 23.9 Å². The average molecular weight is 222 g/mol. The lowest BCUT2D eigenvalue weighted by Crippen LogP contribution is -2.32. The van der Waals surface area contributed by atoms with Crippen molar-refractivity contribution in [2.45, 2.75) is 18.9 Å². The van der Waals surface area contributed by atoms with Crippen LogP contribution in [-0.4, -0.2) is 40.4 Å². The van der Waals surface area contributed by atoms with E-state index in [1.807, 2.05) is 4.90 Å². The Kier molecular flexibility index (Phi) is 3.05. The summed E-state index contributed by atoms with van der Waals surface area (Å²) in [5.74, 6) is -0.320. The van der Waals surface area contributed by atoms with Crippen molar-refractivity contribution in [1.82, 2.24) is 4.98 Å². The highest BCUT2D eigenvalue weighted by molar-refractivity contribution is 5.88. The number of hydrogen-bond acceptors (Lipinski definition) is 4. The number of aromatic nitrogens is 1. The Balaban J connectivity index is 2.26. The van der Waals surface area contributed by atoms with Crippen LogP contribution in [0.3, 0.4) is 0 Å². The summed E-state index contributed by atoms with van der Waals surface area (Å²) in [6.45, 7) is 0.903. The Bertz CT molecular complexity index is 395. The van der Waals surface area contributed by atoms with Crippen molar-refractivity contribution < 1.29 is 15.0 Å². The van der Waals surface area contributed by atoms with Crippen LogP contribution in [0.5, 0.6) is 0 Å². The largest absolute Gasteiger partial charge is 0.478 e. The quantitative estimate of drug-likeness (QED) is 0.789. The van der Waals surface area contributed by atoms with E-state index in [0.29, 0.717) is 5.82 Å². The molecule has 1 aromatic heterocycles. The highest BCUT2D eigenvalue weighted by atomic mass is 16.4. The summed E-state index contributed by atoms with van der Waals surface area (Å²) in [6, 6.07) is 3.09. The van der Waals surface area contributed by atoms with E-state index >= 15 is 0 Å². The molecule has 1 aliphatic heterocycles. The van der Waals surface area contributed by atoms with E-state index in [4.69, 9.17) is 5.11 Å². The Morgan fingerprint density at radius 1 is 1.62 bits per heavy atom. The first-order chi connectivity index (χ1) is 7.72. The van der Waals surface area contributed by atoms with E-state index in [2.05, 4.69) is 4.98 Å². The third-order valence-corrected chi connectivity index (χ3v) is 2.87. The SMILES string of the molecule is O=C(O)c1ccnc(N2CCC[C@H]2CO)c1. The first-order valence-electron chi connectivity index (χ1n) is 5.29. The van der Waals surface area contributed by atoms with Gasteiger partial charge in [0.05, 0.1) is 18.2 Å². The van der Waals surface area contributed by atoms with Crippen LogP contribution in [0.25, 0.3) is 0 Å². The summed E-state index contributed by atoms with van der Waals surface area (Å²) in [7, 11) is 0.